The molecule has 7 nitrogen and oxygen atoms in total. The van der Waals surface area contributed by atoms with Gasteiger partial charge in [-0.3, -0.25) is 4.79 Å². The van der Waals surface area contributed by atoms with E-state index in [0.717, 1.165) is 0 Å². The van der Waals surface area contributed by atoms with E-state index < -0.39 is 11.7 Å². The fourth-order valence-electron chi connectivity index (χ4n) is 2.54. The summed E-state index contributed by atoms with van der Waals surface area (Å²) in [6, 6.07) is 7.55. The van der Waals surface area contributed by atoms with Crippen LogP contribution < -0.4 is 21.0 Å². The smallest absolute Gasteiger partial charge is 0.360 e. The van der Waals surface area contributed by atoms with Gasteiger partial charge in [-0.25, -0.2) is 9.59 Å². The minimum atomic E-state index is -0.677. The first-order valence-corrected chi connectivity index (χ1v) is 7.49. The molecule has 1 heterocycles. The second-order valence-electron chi connectivity index (χ2n) is 5.37. The lowest BCUT2D eigenvalue weighted by molar-refractivity contribution is 0.0966. The van der Waals surface area contributed by atoms with E-state index in [2.05, 4.69) is 10.6 Å². The number of Topliss-reactive ketones (excluding diaryl/α,β-unsaturated/α-hetero) is 1. The van der Waals surface area contributed by atoms with Crippen molar-refractivity contribution in [3.63, 3.8) is 0 Å². The summed E-state index contributed by atoms with van der Waals surface area (Å²) in [6.07, 6.45) is 1.63. The normalized spacial score (nSPS) is 13.1. The number of ketones is 1. The third-order valence-electron chi connectivity index (χ3n) is 3.71. The Morgan fingerprint density at radius 1 is 1.17 bits per heavy atom. The maximum Gasteiger partial charge on any atom is 0.360 e. The van der Waals surface area contributed by atoms with Crippen LogP contribution in [0.4, 0.5) is 16.2 Å². The minimum Gasteiger partial charge on any atom is -0.497 e. The fraction of sp³-hybridized carbons (Fsp3) is 0.235. The Bertz CT molecular complexity index is 856. The highest BCUT2D eigenvalue weighted by atomic mass is 16.5. The topological polar surface area (TPSA) is 97.6 Å². The van der Waals surface area contributed by atoms with Crippen LogP contribution in [0.5, 0.6) is 5.75 Å². The second kappa shape index (κ2) is 6.57. The van der Waals surface area contributed by atoms with E-state index in [4.69, 9.17) is 9.15 Å². The number of benzene rings is 1. The van der Waals surface area contributed by atoms with Gasteiger partial charge in [-0.15, -0.1) is 0 Å². The van der Waals surface area contributed by atoms with Gasteiger partial charge in [0.2, 0.25) is 0 Å². The molecule has 0 atom stereocenters. The molecule has 3 rings (SSSR count). The first kappa shape index (κ1) is 15.8. The van der Waals surface area contributed by atoms with Gasteiger partial charge in [0.1, 0.15) is 17.2 Å². The molecule has 7 heteroatoms. The average Bonchev–Trinajstić information content (AvgIpc) is 2.56. The van der Waals surface area contributed by atoms with Crippen LogP contribution in [-0.2, 0) is 6.42 Å². The molecule has 1 aliphatic rings. The molecule has 0 aliphatic heterocycles. The standard InChI is InChI=1S/C17H16N2O5/c1-23-11-5-2-4-10(8-11)18-17(22)19-13-9-12-14(20)6-3-7-15(12)24-16(13)21/h2,4-5,8-9H,3,6-7H2,1H3,(H2,18,19,22). The first-order chi connectivity index (χ1) is 11.6. The van der Waals surface area contributed by atoms with Gasteiger partial charge in [-0.05, 0) is 24.6 Å². The van der Waals surface area contributed by atoms with Crippen LogP contribution >= 0.6 is 0 Å². The molecule has 0 spiro atoms. The van der Waals surface area contributed by atoms with Gasteiger partial charge in [-0.1, -0.05) is 6.07 Å². The van der Waals surface area contributed by atoms with Gasteiger partial charge in [-0.2, -0.15) is 0 Å². The van der Waals surface area contributed by atoms with E-state index in [9.17, 15) is 14.4 Å². The largest absolute Gasteiger partial charge is 0.497 e. The number of ether oxygens (including phenoxy) is 1. The number of carbonyl (C=O) groups is 2. The van der Waals surface area contributed by atoms with Crippen molar-refractivity contribution in [3.8, 4) is 5.75 Å². The molecular formula is C17H16N2O5. The summed E-state index contributed by atoms with van der Waals surface area (Å²) in [5.74, 6) is 0.887. The summed E-state index contributed by atoms with van der Waals surface area (Å²) in [5, 5.41) is 5.01. The predicted octanol–water partition coefficient (Wildman–Crippen LogP) is 2.81. The molecule has 0 saturated heterocycles. The maximum atomic E-state index is 12.1. The quantitative estimate of drug-likeness (QED) is 0.903. The molecule has 0 saturated carbocycles. The third-order valence-corrected chi connectivity index (χ3v) is 3.71. The molecule has 1 aliphatic carbocycles. The van der Waals surface area contributed by atoms with E-state index in [-0.39, 0.29) is 11.5 Å². The Morgan fingerprint density at radius 2 is 2.00 bits per heavy atom. The number of rotatable bonds is 3. The molecule has 2 aromatic rings. The molecule has 2 N–H and O–H groups in total. The number of anilines is 2. The lowest BCUT2D eigenvalue weighted by Crippen LogP contribution is -2.25. The van der Waals surface area contributed by atoms with Gasteiger partial charge < -0.3 is 19.8 Å². The number of urea groups is 1. The summed E-state index contributed by atoms with van der Waals surface area (Å²) in [5.41, 5.74) is 0.122. The van der Waals surface area contributed by atoms with E-state index in [1.807, 2.05) is 0 Å². The van der Waals surface area contributed by atoms with Crippen molar-refractivity contribution in [2.75, 3.05) is 17.7 Å². The molecule has 1 aromatic carbocycles. The van der Waals surface area contributed by atoms with Crippen LogP contribution in [0.25, 0.3) is 0 Å². The van der Waals surface area contributed by atoms with Gasteiger partial charge >= 0.3 is 11.7 Å². The lowest BCUT2D eigenvalue weighted by atomic mass is 9.96. The van der Waals surface area contributed by atoms with Crippen LogP contribution in [0.3, 0.4) is 0 Å². The van der Waals surface area contributed by atoms with Crippen LogP contribution in [0.2, 0.25) is 0 Å². The number of hydrogen-bond acceptors (Lipinski definition) is 5. The van der Waals surface area contributed by atoms with Crippen LogP contribution in [0.1, 0.15) is 29.0 Å². The monoisotopic (exact) mass is 328 g/mol. The Morgan fingerprint density at radius 3 is 2.79 bits per heavy atom. The highest BCUT2D eigenvalue weighted by Gasteiger charge is 2.22. The van der Waals surface area contributed by atoms with Crippen molar-refractivity contribution in [3.05, 3.63) is 52.1 Å². The number of nitrogens with one attached hydrogen (secondary N) is 2. The summed E-state index contributed by atoms with van der Waals surface area (Å²) in [6.45, 7) is 0. The SMILES string of the molecule is COc1cccc(NC(=O)Nc2cc3c(oc2=O)CCCC3=O)c1. The zero-order chi connectivity index (χ0) is 17.1. The number of carbonyl (C=O) groups excluding carboxylic acids is 2. The van der Waals surface area contributed by atoms with Crippen LogP contribution in [0.15, 0.2) is 39.5 Å². The highest BCUT2D eigenvalue weighted by molar-refractivity contribution is 6.02. The summed E-state index contributed by atoms with van der Waals surface area (Å²) in [4.78, 5) is 35.9. The first-order valence-electron chi connectivity index (χ1n) is 7.49. The minimum absolute atomic E-state index is 0.0654. The zero-order valence-corrected chi connectivity index (χ0v) is 13.0. The predicted molar refractivity (Wildman–Crippen MR) is 87.9 cm³/mol. The fourth-order valence-corrected chi connectivity index (χ4v) is 2.54. The molecule has 0 unspecified atom stereocenters. The summed E-state index contributed by atoms with van der Waals surface area (Å²) < 4.78 is 10.2. The maximum absolute atomic E-state index is 12.1. The number of amides is 2. The van der Waals surface area contributed by atoms with E-state index in [1.54, 1.807) is 24.3 Å². The Hall–Kier alpha value is -3.09. The van der Waals surface area contributed by atoms with Crippen molar-refractivity contribution in [1.82, 2.24) is 0 Å². The Balaban J connectivity index is 1.78. The molecule has 0 bridgehead atoms. The Labute approximate surface area is 137 Å². The van der Waals surface area contributed by atoms with Crippen molar-refractivity contribution in [1.29, 1.82) is 0 Å². The van der Waals surface area contributed by atoms with Gasteiger partial charge in [0, 0.05) is 24.6 Å². The number of aryl methyl sites for hydroxylation is 1. The van der Waals surface area contributed by atoms with Crippen LogP contribution in [-0.4, -0.2) is 18.9 Å². The number of hydrogen-bond donors (Lipinski definition) is 2. The van der Waals surface area contributed by atoms with E-state index in [0.29, 0.717) is 42.0 Å². The molecule has 0 radical (unpaired) electrons. The van der Waals surface area contributed by atoms with Crippen molar-refractivity contribution >= 4 is 23.2 Å². The van der Waals surface area contributed by atoms with Gasteiger partial charge in [0.25, 0.3) is 0 Å². The second-order valence-corrected chi connectivity index (χ2v) is 5.37. The van der Waals surface area contributed by atoms with Crippen molar-refractivity contribution < 1.29 is 18.7 Å². The number of fused-ring (bicyclic) bond motifs is 1. The van der Waals surface area contributed by atoms with Crippen LogP contribution in [0, 0.1) is 0 Å². The van der Waals surface area contributed by atoms with Crippen molar-refractivity contribution in [2.24, 2.45) is 0 Å². The van der Waals surface area contributed by atoms with E-state index >= 15 is 0 Å². The molecule has 24 heavy (non-hydrogen) atoms. The molecular weight excluding hydrogens is 312 g/mol. The molecule has 124 valence electrons. The summed E-state index contributed by atoms with van der Waals surface area (Å²) >= 11 is 0. The van der Waals surface area contributed by atoms with Gasteiger partial charge in [0.15, 0.2) is 5.78 Å². The average molecular weight is 328 g/mol. The molecule has 1 aromatic heterocycles. The number of methoxy groups -OCH3 is 1. The van der Waals surface area contributed by atoms with E-state index in [1.165, 1.54) is 13.2 Å². The van der Waals surface area contributed by atoms with Crippen molar-refractivity contribution in [2.45, 2.75) is 19.3 Å². The Kier molecular flexibility index (Phi) is 4.33. The molecule has 2 amide bonds. The van der Waals surface area contributed by atoms with Gasteiger partial charge in [0.05, 0.1) is 12.7 Å². The molecule has 0 fully saturated rings. The third kappa shape index (κ3) is 3.29. The summed E-state index contributed by atoms with van der Waals surface area (Å²) in [7, 11) is 1.52. The highest BCUT2D eigenvalue weighted by Crippen LogP contribution is 2.22. The zero-order valence-electron chi connectivity index (χ0n) is 13.0. The lowest BCUT2D eigenvalue weighted by Gasteiger charge is -2.14.